The van der Waals surface area contributed by atoms with E-state index < -0.39 is 15.9 Å². The molecule has 0 spiro atoms. The molecule has 0 saturated carbocycles. The lowest BCUT2D eigenvalue weighted by molar-refractivity contribution is -0.116. The van der Waals surface area contributed by atoms with Crippen LogP contribution in [0.4, 0.5) is 11.4 Å². The summed E-state index contributed by atoms with van der Waals surface area (Å²) < 4.78 is 24.9. The number of benzene rings is 2. The third kappa shape index (κ3) is 3.47. The van der Waals surface area contributed by atoms with Crippen molar-refractivity contribution in [3.8, 4) is 0 Å². The van der Waals surface area contributed by atoms with Crippen molar-refractivity contribution in [2.75, 3.05) is 34.6 Å². The number of nitrogens with one attached hydrogen (secondary N) is 1. The Morgan fingerprint density at radius 2 is 1.89 bits per heavy atom. The molecule has 0 radical (unpaired) electrons. The van der Waals surface area contributed by atoms with Gasteiger partial charge in [0.15, 0.2) is 0 Å². The fraction of sp³-hybridized carbons (Fsp3) is 0.300. The average Bonchev–Trinajstić information content (AvgIpc) is 3.22. The van der Waals surface area contributed by atoms with Crippen LogP contribution in [0, 0.1) is 0 Å². The first kappa shape index (κ1) is 18.5. The van der Waals surface area contributed by atoms with Crippen molar-refractivity contribution in [3.63, 3.8) is 0 Å². The lowest BCUT2D eigenvalue weighted by Gasteiger charge is -2.19. The summed E-state index contributed by atoms with van der Waals surface area (Å²) in [6.45, 7) is 2.10. The molecule has 2 aliphatic heterocycles. The topological polar surface area (TPSA) is 86.8 Å². The van der Waals surface area contributed by atoms with E-state index in [1.165, 1.54) is 23.4 Å². The van der Waals surface area contributed by atoms with Crippen LogP contribution in [0.3, 0.4) is 0 Å². The van der Waals surface area contributed by atoms with Gasteiger partial charge in [-0.1, -0.05) is 24.3 Å². The minimum absolute atomic E-state index is 0.0317. The number of fused-ring (bicyclic) bond motifs is 1. The van der Waals surface area contributed by atoms with Gasteiger partial charge in [-0.05, 0) is 36.2 Å². The second-order valence-electron chi connectivity index (χ2n) is 6.90. The van der Waals surface area contributed by atoms with Gasteiger partial charge in [-0.15, -0.1) is 0 Å². The van der Waals surface area contributed by atoms with Gasteiger partial charge < -0.3 is 10.2 Å². The van der Waals surface area contributed by atoms with E-state index in [1.54, 1.807) is 12.1 Å². The predicted molar refractivity (Wildman–Crippen MR) is 107 cm³/mol. The number of nitrogens with zero attached hydrogens (tertiary/aromatic N) is 2. The summed E-state index contributed by atoms with van der Waals surface area (Å²) in [4.78, 5) is 26.7. The van der Waals surface area contributed by atoms with Gasteiger partial charge in [-0.25, -0.2) is 12.7 Å². The largest absolute Gasteiger partial charge is 0.369 e. The molecular weight excluding hydrogens is 378 g/mol. The minimum atomic E-state index is -3.64. The van der Waals surface area contributed by atoms with Crippen LogP contribution in [-0.2, 0) is 21.2 Å². The van der Waals surface area contributed by atoms with Crippen LogP contribution in [-0.4, -0.2) is 45.6 Å². The molecule has 28 heavy (non-hydrogen) atoms. The van der Waals surface area contributed by atoms with Gasteiger partial charge in [-0.2, -0.15) is 0 Å². The molecule has 1 saturated heterocycles. The summed E-state index contributed by atoms with van der Waals surface area (Å²) in [5, 5.41) is 2.87. The average molecular weight is 399 g/mol. The highest BCUT2D eigenvalue weighted by atomic mass is 32.2. The monoisotopic (exact) mass is 399 g/mol. The Balaban J connectivity index is 1.40. The molecule has 2 aromatic rings. The standard InChI is InChI=1S/C20H21N3O4S/c24-19-9-13-28(26,27)23(19)17-6-3-5-16(14-17)20(25)21-10-12-22-11-8-15-4-1-2-7-18(15)22/h1-7,14H,8-13H2,(H,21,25). The van der Waals surface area contributed by atoms with Crippen LogP contribution in [0.15, 0.2) is 48.5 Å². The Labute approximate surface area is 164 Å². The van der Waals surface area contributed by atoms with Crippen LogP contribution in [0.5, 0.6) is 0 Å². The third-order valence-corrected chi connectivity index (χ3v) is 6.76. The fourth-order valence-electron chi connectivity index (χ4n) is 3.69. The maximum absolute atomic E-state index is 12.5. The number of hydrogen-bond donors (Lipinski definition) is 1. The highest BCUT2D eigenvalue weighted by Gasteiger charge is 2.36. The van der Waals surface area contributed by atoms with E-state index in [9.17, 15) is 18.0 Å². The van der Waals surface area contributed by atoms with Gasteiger partial charge in [0, 0.05) is 37.3 Å². The number of carbonyl (C=O) groups excluding carboxylic acids is 2. The maximum Gasteiger partial charge on any atom is 0.251 e. The quantitative estimate of drug-likeness (QED) is 0.824. The van der Waals surface area contributed by atoms with E-state index in [0.29, 0.717) is 18.7 Å². The van der Waals surface area contributed by atoms with Crippen LogP contribution in [0.25, 0.3) is 0 Å². The molecule has 0 aromatic heterocycles. The van der Waals surface area contributed by atoms with Crippen molar-refractivity contribution in [3.05, 3.63) is 59.7 Å². The van der Waals surface area contributed by atoms with E-state index >= 15 is 0 Å². The number of carbonyl (C=O) groups is 2. The van der Waals surface area contributed by atoms with Crippen LogP contribution in [0.2, 0.25) is 0 Å². The molecule has 146 valence electrons. The smallest absolute Gasteiger partial charge is 0.251 e. The molecule has 8 heteroatoms. The first-order valence-corrected chi connectivity index (χ1v) is 10.8. The van der Waals surface area contributed by atoms with Crippen molar-refractivity contribution >= 4 is 33.2 Å². The number of sulfonamides is 1. The van der Waals surface area contributed by atoms with Crippen molar-refractivity contribution in [2.24, 2.45) is 0 Å². The number of anilines is 2. The molecule has 1 fully saturated rings. The number of hydrogen-bond acceptors (Lipinski definition) is 5. The molecule has 1 N–H and O–H groups in total. The lowest BCUT2D eigenvalue weighted by atomic mass is 10.2. The van der Waals surface area contributed by atoms with Gasteiger partial charge in [0.1, 0.15) is 0 Å². The second kappa shape index (κ2) is 7.27. The zero-order chi connectivity index (χ0) is 19.7. The van der Waals surface area contributed by atoms with Crippen molar-refractivity contribution in [1.29, 1.82) is 0 Å². The zero-order valence-corrected chi connectivity index (χ0v) is 16.1. The highest BCUT2D eigenvalue weighted by molar-refractivity contribution is 7.94. The number of para-hydroxylation sites is 1. The number of amides is 2. The van der Waals surface area contributed by atoms with Crippen molar-refractivity contribution < 1.29 is 18.0 Å². The van der Waals surface area contributed by atoms with Crippen LogP contribution in [0.1, 0.15) is 22.3 Å². The zero-order valence-electron chi connectivity index (χ0n) is 15.3. The number of rotatable bonds is 5. The normalized spacial score (nSPS) is 17.6. The van der Waals surface area contributed by atoms with Gasteiger partial charge in [0.05, 0.1) is 11.4 Å². The van der Waals surface area contributed by atoms with Crippen molar-refractivity contribution in [1.82, 2.24) is 5.32 Å². The second-order valence-corrected chi connectivity index (χ2v) is 8.83. The lowest BCUT2D eigenvalue weighted by Crippen LogP contribution is -2.34. The van der Waals surface area contributed by atoms with E-state index in [-0.39, 0.29) is 23.8 Å². The Morgan fingerprint density at radius 1 is 1.07 bits per heavy atom. The van der Waals surface area contributed by atoms with E-state index in [0.717, 1.165) is 17.3 Å². The summed E-state index contributed by atoms with van der Waals surface area (Å²) in [5.41, 5.74) is 3.06. The molecule has 7 nitrogen and oxygen atoms in total. The van der Waals surface area contributed by atoms with Gasteiger partial charge in [-0.3, -0.25) is 9.59 Å². The predicted octanol–water partition coefficient (Wildman–Crippen LogP) is 1.55. The molecule has 0 bridgehead atoms. The summed E-state index contributed by atoms with van der Waals surface area (Å²) in [6, 6.07) is 14.4. The molecule has 2 amide bonds. The Bertz CT molecular complexity index is 1040. The Kier molecular flexibility index (Phi) is 4.80. The van der Waals surface area contributed by atoms with Gasteiger partial charge >= 0.3 is 0 Å². The molecule has 4 rings (SSSR count). The third-order valence-electron chi connectivity index (χ3n) is 5.07. The van der Waals surface area contributed by atoms with Gasteiger partial charge in [0.2, 0.25) is 15.9 Å². The molecule has 2 aromatic carbocycles. The highest BCUT2D eigenvalue weighted by Crippen LogP contribution is 2.27. The molecule has 2 heterocycles. The Hall–Kier alpha value is -2.87. The molecule has 0 atom stereocenters. The summed E-state index contributed by atoms with van der Waals surface area (Å²) in [6.07, 6.45) is 0.973. The van der Waals surface area contributed by atoms with E-state index in [2.05, 4.69) is 22.3 Å². The van der Waals surface area contributed by atoms with Crippen molar-refractivity contribution in [2.45, 2.75) is 12.8 Å². The van der Waals surface area contributed by atoms with E-state index in [4.69, 9.17) is 0 Å². The van der Waals surface area contributed by atoms with E-state index in [1.807, 2.05) is 12.1 Å². The SMILES string of the molecule is O=C(NCCN1CCc2ccccc21)c1cccc(N2C(=O)CCS2(=O)=O)c1. The first-order chi connectivity index (χ1) is 13.5. The molecule has 0 aliphatic carbocycles. The minimum Gasteiger partial charge on any atom is -0.369 e. The first-order valence-electron chi connectivity index (χ1n) is 9.23. The molecular formula is C20H21N3O4S. The maximum atomic E-state index is 12.5. The van der Waals surface area contributed by atoms with Gasteiger partial charge in [0.25, 0.3) is 5.91 Å². The Morgan fingerprint density at radius 3 is 2.68 bits per heavy atom. The van der Waals surface area contributed by atoms with Crippen LogP contribution >= 0.6 is 0 Å². The summed E-state index contributed by atoms with van der Waals surface area (Å²) in [7, 11) is -3.64. The van der Waals surface area contributed by atoms with Crippen LogP contribution < -0.4 is 14.5 Å². The molecule has 2 aliphatic rings. The summed E-state index contributed by atoms with van der Waals surface area (Å²) >= 11 is 0. The fourth-order valence-corrected chi connectivity index (χ4v) is 5.14. The molecule has 0 unspecified atom stereocenters. The summed E-state index contributed by atoms with van der Waals surface area (Å²) in [5.74, 6) is -0.955.